The molecule has 0 radical (unpaired) electrons. The summed E-state index contributed by atoms with van der Waals surface area (Å²) in [5.41, 5.74) is 2.80. The smallest absolute Gasteiger partial charge is 0.254 e. The number of nitrogens with zero attached hydrogens (tertiary/aromatic N) is 2. The summed E-state index contributed by atoms with van der Waals surface area (Å²) in [4.78, 5) is 14.8. The van der Waals surface area contributed by atoms with Gasteiger partial charge in [-0.25, -0.2) is 0 Å². The van der Waals surface area contributed by atoms with Crippen molar-refractivity contribution >= 4 is 5.91 Å². The second-order valence-electron chi connectivity index (χ2n) is 6.48. The highest BCUT2D eigenvalue weighted by molar-refractivity contribution is 5.95. The van der Waals surface area contributed by atoms with Gasteiger partial charge in [-0.2, -0.15) is 5.10 Å². The Morgan fingerprint density at radius 2 is 2.17 bits per heavy atom. The van der Waals surface area contributed by atoms with Gasteiger partial charge >= 0.3 is 0 Å². The molecule has 1 amide bonds. The van der Waals surface area contributed by atoms with Gasteiger partial charge in [-0.05, 0) is 24.8 Å². The molecule has 1 aromatic heterocycles. The summed E-state index contributed by atoms with van der Waals surface area (Å²) in [5.74, 6) is 0.410. The predicted octanol–water partition coefficient (Wildman–Crippen LogP) is 2.36. The zero-order chi connectivity index (χ0) is 16.2. The number of aryl methyl sites for hydroxylation is 1. The SMILES string of the molecule is Cc1[nH]ncc1C(=O)N[C@@H]1CCN(Cc2ccccc2)C[C@@H]1C. The summed E-state index contributed by atoms with van der Waals surface area (Å²) in [6.45, 7) is 7.07. The molecule has 0 aliphatic carbocycles. The average Bonchev–Trinajstić information content (AvgIpc) is 2.97. The lowest BCUT2D eigenvalue weighted by Crippen LogP contribution is -2.49. The molecule has 2 aromatic rings. The summed E-state index contributed by atoms with van der Waals surface area (Å²) < 4.78 is 0. The van der Waals surface area contributed by atoms with E-state index in [-0.39, 0.29) is 11.9 Å². The molecule has 1 aliphatic heterocycles. The Morgan fingerprint density at radius 3 is 2.83 bits per heavy atom. The lowest BCUT2D eigenvalue weighted by Gasteiger charge is -2.37. The fourth-order valence-corrected chi connectivity index (χ4v) is 3.26. The second-order valence-corrected chi connectivity index (χ2v) is 6.48. The van der Waals surface area contributed by atoms with Crippen molar-refractivity contribution in [3.8, 4) is 0 Å². The number of likely N-dealkylation sites (tertiary alicyclic amines) is 1. The van der Waals surface area contributed by atoms with Crippen LogP contribution in [0.2, 0.25) is 0 Å². The molecule has 0 spiro atoms. The number of H-pyrrole nitrogens is 1. The number of aromatic amines is 1. The number of hydrogen-bond donors (Lipinski definition) is 2. The van der Waals surface area contributed by atoms with Crippen molar-refractivity contribution in [1.29, 1.82) is 0 Å². The number of benzene rings is 1. The van der Waals surface area contributed by atoms with Crippen molar-refractivity contribution in [3.63, 3.8) is 0 Å². The van der Waals surface area contributed by atoms with E-state index in [9.17, 15) is 4.79 Å². The molecule has 122 valence electrons. The summed E-state index contributed by atoms with van der Waals surface area (Å²) in [6, 6.07) is 10.8. The van der Waals surface area contributed by atoms with Gasteiger partial charge in [0.25, 0.3) is 5.91 Å². The summed E-state index contributed by atoms with van der Waals surface area (Å²) in [7, 11) is 0. The normalized spacial score (nSPS) is 22.0. The number of hydrogen-bond acceptors (Lipinski definition) is 3. The van der Waals surface area contributed by atoms with E-state index in [1.54, 1.807) is 6.20 Å². The topological polar surface area (TPSA) is 61.0 Å². The molecule has 0 unspecified atom stereocenters. The quantitative estimate of drug-likeness (QED) is 0.911. The Hall–Kier alpha value is -2.14. The van der Waals surface area contributed by atoms with Crippen LogP contribution in [0.15, 0.2) is 36.5 Å². The summed E-state index contributed by atoms with van der Waals surface area (Å²) in [6.07, 6.45) is 2.58. The zero-order valence-corrected chi connectivity index (χ0v) is 13.7. The van der Waals surface area contributed by atoms with E-state index < -0.39 is 0 Å². The Kier molecular flexibility index (Phi) is 4.76. The van der Waals surface area contributed by atoms with Crippen LogP contribution in [0.4, 0.5) is 0 Å². The van der Waals surface area contributed by atoms with Crippen LogP contribution in [0.3, 0.4) is 0 Å². The van der Waals surface area contributed by atoms with E-state index in [2.05, 4.69) is 51.6 Å². The number of piperidine rings is 1. The third kappa shape index (κ3) is 3.79. The Labute approximate surface area is 137 Å². The average molecular weight is 312 g/mol. The predicted molar refractivity (Wildman–Crippen MR) is 90.1 cm³/mol. The fraction of sp³-hybridized carbons (Fsp3) is 0.444. The monoisotopic (exact) mass is 312 g/mol. The van der Waals surface area contributed by atoms with Gasteiger partial charge in [0.2, 0.25) is 0 Å². The highest BCUT2D eigenvalue weighted by atomic mass is 16.1. The van der Waals surface area contributed by atoms with E-state index in [1.165, 1.54) is 5.56 Å². The van der Waals surface area contributed by atoms with E-state index in [0.29, 0.717) is 11.5 Å². The zero-order valence-electron chi connectivity index (χ0n) is 13.7. The van der Waals surface area contributed by atoms with Crippen LogP contribution in [0.1, 0.15) is 35.0 Å². The van der Waals surface area contributed by atoms with Gasteiger partial charge in [-0.3, -0.25) is 14.8 Å². The first-order valence-electron chi connectivity index (χ1n) is 8.20. The number of amides is 1. The van der Waals surface area contributed by atoms with Crippen LogP contribution in [0.5, 0.6) is 0 Å². The number of nitrogens with one attached hydrogen (secondary N) is 2. The maximum absolute atomic E-state index is 12.3. The molecule has 2 N–H and O–H groups in total. The molecule has 2 atom stereocenters. The maximum atomic E-state index is 12.3. The van der Waals surface area contributed by atoms with Crippen molar-refractivity contribution in [3.05, 3.63) is 53.3 Å². The molecule has 3 rings (SSSR count). The van der Waals surface area contributed by atoms with Gasteiger partial charge in [0.05, 0.1) is 11.8 Å². The van der Waals surface area contributed by atoms with E-state index >= 15 is 0 Å². The third-order valence-electron chi connectivity index (χ3n) is 4.63. The van der Waals surface area contributed by atoms with Gasteiger partial charge in [0.15, 0.2) is 0 Å². The minimum absolute atomic E-state index is 0.0235. The molecule has 5 nitrogen and oxygen atoms in total. The van der Waals surface area contributed by atoms with Crippen molar-refractivity contribution in [2.75, 3.05) is 13.1 Å². The van der Waals surface area contributed by atoms with Crippen LogP contribution < -0.4 is 5.32 Å². The minimum Gasteiger partial charge on any atom is -0.349 e. The van der Waals surface area contributed by atoms with Crippen molar-refractivity contribution in [2.45, 2.75) is 32.9 Å². The van der Waals surface area contributed by atoms with Crippen molar-refractivity contribution in [1.82, 2.24) is 20.4 Å². The van der Waals surface area contributed by atoms with Gasteiger partial charge in [0, 0.05) is 31.4 Å². The molecular formula is C18H24N4O. The fourth-order valence-electron chi connectivity index (χ4n) is 3.26. The van der Waals surface area contributed by atoms with E-state index in [1.807, 2.05) is 13.0 Å². The standard InChI is InChI=1S/C18H24N4O/c1-13-11-22(12-15-6-4-3-5-7-15)9-8-17(13)20-18(23)16-10-19-21-14(16)2/h3-7,10,13,17H,8-9,11-12H2,1-2H3,(H,19,21)(H,20,23)/t13-,17+/m0/s1. The first kappa shape index (κ1) is 15.7. The number of carbonyl (C=O) groups is 1. The summed E-state index contributed by atoms with van der Waals surface area (Å²) in [5, 5.41) is 9.90. The second kappa shape index (κ2) is 6.96. The minimum atomic E-state index is -0.0235. The maximum Gasteiger partial charge on any atom is 0.254 e. The number of rotatable bonds is 4. The Bertz CT molecular complexity index is 652. The Balaban J connectivity index is 1.54. The van der Waals surface area contributed by atoms with E-state index in [0.717, 1.165) is 31.7 Å². The van der Waals surface area contributed by atoms with Gasteiger partial charge in [0.1, 0.15) is 0 Å². The molecule has 1 aromatic carbocycles. The molecule has 0 saturated carbocycles. The molecule has 23 heavy (non-hydrogen) atoms. The highest BCUT2D eigenvalue weighted by Gasteiger charge is 2.28. The first-order chi connectivity index (χ1) is 11.1. The van der Waals surface area contributed by atoms with E-state index in [4.69, 9.17) is 0 Å². The van der Waals surface area contributed by atoms with Crippen LogP contribution >= 0.6 is 0 Å². The molecule has 5 heteroatoms. The molecule has 1 fully saturated rings. The van der Waals surface area contributed by atoms with Crippen LogP contribution in [-0.2, 0) is 6.54 Å². The summed E-state index contributed by atoms with van der Waals surface area (Å²) >= 11 is 0. The van der Waals surface area contributed by atoms with Gasteiger partial charge in [-0.1, -0.05) is 37.3 Å². The Morgan fingerprint density at radius 1 is 1.39 bits per heavy atom. The molecule has 1 saturated heterocycles. The highest BCUT2D eigenvalue weighted by Crippen LogP contribution is 2.19. The first-order valence-corrected chi connectivity index (χ1v) is 8.20. The largest absolute Gasteiger partial charge is 0.349 e. The van der Waals surface area contributed by atoms with Crippen molar-refractivity contribution < 1.29 is 4.79 Å². The number of aromatic nitrogens is 2. The van der Waals surface area contributed by atoms with Crippen LogP contribution in [0, 0.1) is 12.8 Å². The van der Waals surface area contributed by atoms with Gasteiger partial charge < -0.3 is 5.32 Å². The molecular weight excluding hydrogens is 288 g/mol. The lowest BCUT2D eigenvalue weighted by molar-refractivity contribution is 0.0860. The molecule has 2 heterocycles. The lowest BCUT2D eigenvalue weighted by atomic mass is 9.93. The molecule has 1 aliphatic rings. The number of carbonyl (C=O) groups excluding carboxylic acids is 1. The van der Waals surface area contributed by atoms with Gasteiger partial charge in [-0.15, -0.1) is 0 Å². The third-order valence-corrected chi connectivity index (χ3v) is 4.63. The van der Waals surface area contributed by atoms with Crippen molar-refractivity contribution in [2.24, 2.45) is 5.92 Å². The van der Waals surface area contributed by atoms with Crippen LogP contribution in [0.25, 0.3) is 0 Å². The van der Waals surface area contributed by atoms with Crippen LogP contribution in [-0.4, -0.2) is 40.1 Å². The molecule has 0 bridgehead atoms.